The van der Waals surface area contributed by atoms with Crippen LogP contribution in [-0.2, 0) is 13.1 Å². The molecule has 1 aromatic heterocycles. The third-order valence-corrected chi connectivity index (χ3v) is 4.81. The van der Waals surface area contributed by atoms with Crippen molar-refractivity contribution in [3.05, 3.63) is 16.1 Å². The highest BCUT2D eigenvalue weighted by molar-refractivity contribution is 7.09. The molecule has 0 radical (unpaired) electrons. The lowest BCUT2D eigenvalue weighted by Crippen LogP contribution is -2.28. The minimum atomic E-state index is 0.772. The van der Waals surface area contributed by atoms with Crippen molar-refractivity contribution in [3.63, 3.8) is 0 Å². The predicted molar refractivity (Wildman–Crippen MR) is 79.4 cm³/mol. The molecule has 0 atom stereocenters. The van der Waals surface area contributed by atoms with E-state index >= 15 is 0 Å². The van der Waals surface area contributed by atoms with E-state index < -0.39 is 0 Å². The van der Waals surface area contributed by atoms with Crippen LogP contribution in [0.1, 0.15) is 30.0 Å². The van der Waals surface area contributed by atoms with Crippen molar-refractivity contribution in [2.45, 2.75) is 38.4 Å². The van der Waals surface area contributed by atoms with Crippen LogP contribution in [0.2, 0.25) is 0 Å². The van der Waals surface area contributed by atoms with Crippen molar-refractivity contribution in [2.75, 3.05) is 33.2 Å². The van der Waals surface area contributed by atoms with E-state index in [2.05, 4.69) is 27.5 Å². The van der Waals surface area contributed by atoms with Gasteiger partial charge in [0, 0.05) is 37.6 Å². The number of aromatic nitrogens is 1. The second-order valence-corrected chi connectivity index (χ2v) is 6.76. The largest absolute Gasteiger partial charge is 0.308 e. The lowest BCUT2D eigenvalue weighted by atomic mass is 10.3. The molecule has 1 saturated heterocycles. The van der Waals surface area contributed by atoms with Crippen molar-refractivity contribution >= 4 is 11.3 Å². The second kappa shape index (κ2) is 6.31. The van der Waals surface area contributed by atoms with Crippen molar-refractivity contribution in [3.8, 4) is 0 Å². The van der Waals surface area contributed by atoms with Gasteiger partial charge in [0.15, 0.2) is 0 Å². The second-order valence-electron chi connectivity index (χ2n) is 5.82. The zero-order valence-corrected chi connectivity index (χ0v) is 12.6. The van der Waals surface area contributed by atoms with Gasteiger partial charge in [0.1, 0.15) is 5.01 Å². The summed E-state index contributed by atoms with van der Waals surface area (Å²) in [6.45, 7) is 6.76. The van der Waals surface area contributed by atoms with Gasteiger partial charge in [-0.15, -0.1) is 11.3 Å². The van der Waals surface area contributed by atoms with Gasteiger partial charge in [0.2, 0.25) is 0 Å². The summed E-state index contributed by atoms with van der Waals surface area (Å²) in [6, 6.07) is 0.772. The summed E-state index contributed by atoms with van der Waals surface area (Å²) >= 11 is 1.80. The quantitative estimate of drug-likeness (QED) is 0.886. The summed E-state index contributed by atoms with van der Waals surface area (Å²) in [7, 11) is 2.22. The van der Waals surface area contributed by atoms with Crippen molar-refractivity contribution in [2.24, 2.45) is 0 Å². The zero-order chi connectivity index (χ0) is 13.1. The Hall–Kier alpha value is -0.490. The standard InChI is InChI=1S/C14H24N4S/c1-17-5-2-6-18(8-7-17)10-13-11-19-14(16-13)9-15-12-3-4-12/h11-12,15H,2-10H2,1H3. The molecule has 3 rings (SSSR count). The average Bonchev–Trinajstić information content (AvgIpc) is 3.16. The third-order valence-electron chi connectivity index (χ3n) is 3.92. The summed E-state index contributed by atoms with van der Waals surface area (Å²) in [6.07, 6.45) is 3.97. The van der Waals surface area contributed by atoms with Gasteiger partial charge in [-0.25, -0.2) is 4.98 Å². The maximum atomic E-state index is 4.75. The van der Waals surface area contributed by atoms with Gasteiger partial charge >= 0.3 is 0 Å². The highest BCUT2D eigenvalue weighted by atomic mass is 32.1. The number of hydrogen-bond acceptors (Lipinski definition) is 5. The minimum absolute atomic E-state index is 0.772. The number of nitrogens with one attached hydrogen (secondary N) is 1. The molecule has 19 heavy (non-hydrogen) atoms. The SMILES string of the molecule is CN1CCCN(Cc2csc(CNC3CC3)n2)CC1. The molecule has 1 aliphatic carbocycles. The van der Waals surface area contributed by atoms with Crippen molar-refractivity contribution < 1.29 is 0 Å². The van der Waals surface area contributed by atoms with Gasteiger partial charge < -0.3 is 10.2 Å². The zero-order valence-electron chi connectivity index (χ0n) is 11.8. The Kier molecular flexibility index (Phi) is 4.48. The highest BCUT2D eigenvalue weighted by Gasteiger charge is 2.20. The summed E-state index contributed by atoms with van der Waals surface area (Å²) in [5, 5.41) is 7.01. The minimum Gasteiger partial charge on any atom is -0.308 e. The van der Waals surface area contributed by atoms with Crippen LogP contribution in [0.15, 0.2) is 5.38 Å². The molecule has 2 heterocycles. The third kappa shape index (κ3) is 4.24. The molecule has 0 amide bonds. The first-order valence-corrected chi connectivity index (χ1v) is 8.25. The normalized spacial score (nSPS) is 22.6. The Morgan fingerprint density at radius 1 is 1.32 bits per heavy atom. The van der Waals surface area contributed by atoms with Gasteiger partial charge in [0.05, 0.1) is 5.69 Å². The average molecular weight is 280 g/mol. The van der Waals surface area contributed by atoms with E-state index in [1.807, 2.05) is 0 Å². The molecular formula is C14H24N4S. The molecule has 1 aromatic rings. The summed E-state index contributed by atoms with van der Waals surface area (Å²) in [5.74, 6) is 0. The molecule has 1 saturated carbocycles. The van der Waals surface area contributed by atoms with E-state index in [1.165, 1.54) is 56.1 Å². The van der Waals surface area contributed by atoms with Crippen molar-refractivity contribution in [1.82, 2.24) is 20.1 Å². The maximum Gasteiger partial charge on any atom is 0.107 e. The Morgan fingerprint density at radius 2 is 2.21 bits per heavy atom. The summed E-state index contributed by atoms with van der Waals surface area (Å²) < 4.78 is 0. The topological polar surface area (TPSA) is 31.4 Å². The van der Waals surface area contributed by atoms with Gasteiger partial charge in [-0.3, -0.25) is 4.90 Å². The molecule has 0 spiro atoms. The first-order chi connectivity index (χ1) is 9.29. The molecule has 1 N–H and O–H groups in total. The fourth-order valence-electron chi connectivity index (χ4n) is 2.51. The van der Waals surface area contributed by atoms with E-state index in [9.17, 15) is 0 Å². The van der Waals surface area contributed by atoms with Crippen LogP contribution >= 0.6 is 11.3 Å². The van der Waals surface area contributed by atoms with E-state index in [1.54, 1.807) is 11.3 Å². The number of likely N-dealkylation sites (N-methyl/N-ethyl adjacent to an activating group) is 1. The van der Waals surface area contributed by atoms with Crippen molar-refractivity contribution in [1.29, 1.82) is 0 Å². The molecule has 5 heteroatoms. The van der Waals surface area contributed by atoms with Crippen LogP contribution in [0.25, 0.3) is 0 Å². The van der Waals surface area contributed by atoms with Crippen LogP contribution < -0.4 is 5.32 Å². The number of rotatable bonds is 5. The Labute approximate surface area is 119 Å². The Balaban J connectivity index is 1.48. The summed E-state index contributed by atoms with van der Waals surface area (Å²) in [4.78, 5) is 9.72. The maximum absolute atomic E-state index is 4.75. The Morgan fingerprint density at radius 3 is 3.05 bits per heavy atom. The molecule has 2 fully saturated rings. The lowest BCUT2D eigenvalue weighted by Gasteiger charge is -2.18. The lowest BCUT2D eigenvalue weighted by molar-refractivity contribution is 0.267. The first kappa shape index (κ1) is 13.5. The number of thiazole rings is 1. The molecular weight excluding hydrogens is 256 g/mol. The molecule has 1 aliphatic heterocycles. The molecule has 106 valence electrons. The van der Waals surface area contributed by atoms with Crippen LogP contribution in [-0.4, -0.2) is 54.1 Å². The predicted octanol–water partition coefficient (Wildman–Crippen LogP) is 1.53. The fraction of sp³-hybridized carbons (Fsp3) is 0.786. The van der Waals surface area contributed by atoms with E-state index in [0.29, 0.717) is 0 Å². The molecule has 2 aliphatic rings. The van der Waals surface area contributed by atoms with E-state index in [-0.39, 0.29) is 0 Å². The number of nitrogens with zero attached hydrogens (tertiary/aromatic N) is 3. The van der Waals surface area contributed by atoms with Crippen LogP contribution in [0.5, 0.6) is 0 Å². The molecule has 4 nitrogen and oxygen atoms in total. The fourth-order valence-corrected chi connectivity index (χ4v) is 3.24. The number of hydrogen-bond donors (Lipinski definition) is 1. The van der Waals surface area contributed by atoms with Crippen LogP contribution in [0.4, 0.5) is 0 Å². The van der Waals surface area contributed by atoms with E-state index in [0.717, 1.165) is 19.1 Å². The van der Waals surface area contributed by atoms with Gasteiger partial charge in [-0.2, -0.15) is 0 Å². The van der Waals surface area contributed by atoms with Gasteiger partial charge in [0.25, 0.3) is 0 Å². The smallest absolute Gasteiger partial charge is 0.107 e. The molecule has 0 aromatic carbocycles. The van der Waals surface area contributed by atoms with Gasteiger partial charge in [-0.05, 0) is 39.4 Å². The van der Waals surface area contributed by atoms with Crippen LogP contribution in [0, 0.1) is 0 Å². The van der Waals surface area contributed by atoms with Gasteiger partial charge in [-0.1, -0.05) is 0 Å². The monoisotopic (exact) mass is 280 g/mol. The molecule has 0 bridgehead atoms. The summed E-state index contributed by atoms with van der Waals surface area (Å²) in [5.41, 5.74) is 1.25. The first-order valence-electron chi connectivity index (χ1n) is 7.37. The Bertz CT molecular complexity index is 402. The van der Waals surface area contributed by atoms with Crippen LogP contribution in [0.3, 0.4) is 0 Å². The highest BCUT2D eigenvalue weighted by Crippen LogP contribution is 2.20. The molecule has 0 unspecified atom stereocenters. The van der Waals surface area contributed by atoms with E-state index in [4.69, 9.17) is 4.98 Å².